The Bertz CT molecular complexity index is 271. The largest absolute Gasteiger partial charge is 0.368 e. The number of nitrogens with two attached hydrogens (primary N) is 1. The van der Waals surface area contributed by atoms with Crippen molar-refractivity contribution in [2.24, 2.45) is 5.73 Å². The molecule has 0 spiro atoms. The predicted octanol–water partition coefficient (Wildman–Crippen LogP) is 1.05. The minimum atomic E-state index is -0.279. The molecule has 72 valence electrons. The number of primary amides is 1. The summed E-state index contributed by atoms with van der Waals surface area (Å²) in [4.78, 5) is 14.0. The van der Waals surface area contributed by atoms with Gasteiger partial charge in [0.1, 0.15) is 0 Å². The minimum Gasteiger partial charge on any atom is -0.368 e. The molecule has 0 fully saturated rings. The number of hydrogen-bond acceptors (Lipinski definition) is 3. The van der Waals surface area contributed by atoms with Crippen LogP contribution in [0.3, 0.4) is 0 Å². The van der Waals surface area contributed by atoms with E-state index in [0.717, 1.165) is 6.54 Å². The molecular weight excluding hydrogens is 184 g/mol. The van der Waals surface area contributed by atoms with Gasteiger partial charge in [-0.25, -0.2) is 0 Å². The highest BCUT2D eigenvalue weighted by Crippen LogP contribution is 2.12. The van der Waals surface area contributed by atoms with Crippen molar-refractivity contribution >= 4 is 17.2 Å². The Morgan fingerprint density at radius 1 is 1.77 bits per heavy atom. The van der Waals surface area contributed by atoms with Crippen LogP contribution in [0.15, 0.2) is 17.5 Å². The molecule has 1 unspecified atom stereocenters. The van der Waals surface area contributed by atoms with E-state index in [1.807, 2.05) is 30.3 Å². The first kappa shape index (κ1) is 10.2. The summed E-state index contributed by atoms with van der Waals surface area (Å²) in [6.45, 7) is 2.59. The Morgan fingerprint density at radius 2 is 2.46 bits per heavy atom. The normalized spacial score (nSPS) is 13.2. The van der Waals surface area contributed by atoms with Crippen LogP contribution in [0.2, 0.25) is 0 Å². The second-order valence-corrected chi connectivity index (χ2v) is 4.11. The highest BCUT2D eigenvalue weighted by Gasteiger charge is 2.14. The third-order valence-corrected chi connectivity index (χ3v) is 2.92. The van der Waals surface area contributed by atoms with Crippen LogP contribution >= 0.6 is 11.3 Å². The van der Waals surface area contributed by atoms with Crippen LogP contribution in [0.25, 0.3) is 0 Å². The van der Waals surface area contributed by atoms with Crippen molar-refractivity contribution in [1.29, 1.82) is 0 Å². The van der Waals surface area contributed by atoms with E-state index >= 15 is 0 Å². The molecule has 0 radical (unpaired) electrons. The summed E-state index contributed by atoms with van der Waals surface area (Å²) in [5.74, 6) is -0.279. The van der Waals surface area contributed by atoms with Crippen molar-refractivity contribution in [1.82, 2.24) is 4.90 Å². The summed E-state index contributed by atoms with van der Waals surface area (Å²) in [7, 11) is 1.90. The molecule has 13 heavy (non-hydrogen) atoms. The molecule has 0 aliphatic rings. The van der Waals surface area contributed by atoms with Crippen molar-refractivity contribution < 1.29 is 4.79 Å². The molecule has 0 saturated heterocycles. The fourth-order valence-corrected chi connectivity index (χ4v) is 1.77. The maximum Gasteiger partial charge on any atom is 0.234 e. The smallest absolute Gasteiger partial charge is 0.234 e. The molecule has 1 amide bonds. The predicted molar refractivity (Wildman–Crippen MR) is 54.4 cm³/mol. The molecular formula is C9H14N2OS. The number of hydrogen-bond donors (Lipinski definition) is 1. The molecule has 2 N–H and O–H groups in total. The fraction of sp³-hybridized carbons (Fsp3) is 0.444. The molecule has 0 aliphatic heterocycles. The zero-order chi connectivity index (χ0) is 9.84. The monoisotopic (exact) mass is 198 g/mol. The van der Waals surface area contributed by atoms with Crippen molar-refractivity contribution in [2.75, 3.05) is 7.05 Å². The Kier molecular flexibility index (Phi) is 3.45. The summed E-state index contributed by atoms with van der Waals surface area (Å²) in [5, 5.41) is 2.03. The summed E-state index contributed by atoms with van der Waals surface area (Å²) in [5.41, 5.74) is 5.19. The van der Waals surface area contributed by atoms with Gasteiger partial charge in [0, 0.05) is 11.4 Å². The lowest BCUT2D eigenvalue weighted by Gasteiger charge is -2.20. The van der Waals surface area contributed by atoms with Gasteiger partial charge in [-0.15, -0.1) is 11.3 Å². The Labute approximate surface area is 82.2 Å². The molecule has 1 heterocycles. The molecule has 1 aromatic rings. The second kappa shape index (κ2) is 4.39. The Morgan fingerprint density at radius 3 is 2.92 bits per heavy atom. The van der Waals surface area contributed by atoms with E-state index in [2.05, 4.69) is 6.07 Å². The number of carbonyl (C=O) groups excluding carboxylic acids is 1. The van der Waals surface area contributed by atoms with Crippen LogP contribution in [-0.4, -0.2) is 23.9 Å². The minimum absolute atomic E-state index is 0.206. The first-order chi connectivity index (χ1) is 6.11. The number of carbonyl (C=O) groups is 1. The third-order valence-electron chi connectivity index (χ3n) is 2.06. The maximum absolute atomic E-state index is 10.9. The first-order valence-electron chi connectivity index (χ1n) is 4.13. The van der Waals surface area contributed by atoms with Crippen LogP contribution in [0.1, 0.15) is 11.8 Å². The van der Waals surface area contributed by atoms with Crippen LogP contribution in [0.5, 0.6) is 0 Å². The number of nitrogens with zero attached hydrogens (tertiary/aromatic N) is 1. The zero-order valence-electron chi connectivity index (χ0n) is 7.86. The van der Waals surface area contributed by atoms with E-state index < -0.39 is 0 Å². The lowest BCUT2D eigenvalue weighted by molar-refractivity contribution is -0.122. The van der Waals surface area contributed by atoms with Crippen molar-refractivity contribution in [3.63, 3.8) is 0 Å². The van der Waals surface area contributed by atoms with E-state index in [4.69, 9.17) is 5.73 Å². The van der Waals surface area contributed by atoms with Gasteiger partial charge in [0.25, 0.3) is 0 Å². The molecule has 0 aromatic carbocycles. The van der Waals surface area contributed by atoms with Crippen LogP contribution in [0, 0.1) is 0 Å². The molecule has 1 rings (SSSR count). The van der Waals surface area contributed by atoms with E-state index in [-0.39, 0.29) is 11.9 Å². The lowest BCUT2D eigenvalue weighted by atomic mass is 10.3. The van der Waals surface area contributed by atoms with Crippen LogP contribution < -0.4 is 5.73 Å². The highest BCUT2D eigenvalue weighted by atomic mass is 32.1. The lowest BCUT2D eigenvalue weighted by Crippen LogP contribution is -2.39. The van der Waals surface area contributed by atoms with E-state index in [1.54, 1.807) is 11.3 Å². The van der Waals surface area contributed by atoms with Gasteiger partial charge in [0.2, 0.25) is 5.91 Å². The quantitative estimate of drug-likeness (QED) is 0.786. The Hall–Kier alpha value is -0.870. The van der Waals surface area contributed by atoms with Gasteiger partial charge in [-0.3, -0.25) is 9.69 Å². The van der Waals surface area contributed by atoms with Gasteiger partial charge in [-0.2, -0.15) is 0 Å². The van der Waals surface area contributed by atoms with E-state index in [1.165, 1.54) is 4.88 Å². The topological polar surface area (TPSA) is 46.3 Å². The van der Waals surface area contributed by atoms with E-state index in [0.29, 0.717) is 0 Å². The molecule has 0 aliphatic carbocycles. The summed E-state index contributed by atoms with van der Waals surface area (Å²) in [6, 6.07) is 3.85. The first-order valence-corrected chi connectivity index (χ1v) is 5.01. The molecule has 1 aromatic heterocycles. The SMILES string of the molecule is CC(C(N)=O)N(C)Cc1cccs1. The van der Waals surface area contributed by atoms with Gasteiger partial charge in [0.15, 0.2) is 0 Å². The van der Waals surface area contributed by atoms with E-state index in [9.17, 15) is 4.79 Å². The second-order valence-electron chi connectivity index (χ2n) is 3.07. The number of thiophene rings is 1. The van der Waals surface area contributed by atoms with Gasteiger partial charge in [0.05, 0.1) is 6.04 Å². The average Bonchev–Trinajstić information content (AvgIpc) is 2.55. The maximum atomic E-state index is 10.9. The fourth-order valence-electron chi connectivity index (χ4n) is 1.00. The molecule has 0 saturated carbocycles. The van der Waals surface area contributed by atoms with Gasteiger partial charge in [-0.1, -0.05) is 6.07 Å². The van der Waals surface area contributed by atoms with Crippen LogP contribution in [0.4, 0.5) is 0 Å². The standard InChI is InChI=1S/C9H14N2OS/c1-7(9(10)12)11(2)6-8-4-3-5-13-8/h3-5,7H,6H2,1-2H3,(H2,10,12). The number of rotatable bonds is 4. The Balaban J connectivity index is 2.50. The van der Waals surface area contributed by atoms with Crippen molar-refractivity contribution in [3.8, 4) is 0 Å². The highest BCUT2D eigenvalue weighted by molar-refractivity contribution is 7.09. The number of likely N-dealkylation sites (N-methyl/N-ethyl adjacent to an activating group) is 1. The summed E-state index contributed by atoms with van der Waals surface area (Å²) < 4.78 is 0. The molecule has 0 bridgehead atoms. The summed E-state index contributed by atoms with van der Waals surface area (Å²) >= 11 is 1.69. The molecule has 4 heteroatoms. The van der Waals surface area contributed by atoms with Crippen LogP contribution in [-0.2, 0) is 11.3 Å². The van der Waals surface area contributed by atoms with Gasteiger partial charge in [-0.05, 0) is 25.4 Å². The van der Waals surface area contributed by atoms with Crippen molar-refractivity contribution in [3.05, 3.63) is 22.4 Å². The van der Waals surface area contributed by atoms with Gasteiger partial charge >= 0.3 is 0 Å². The summed E-state index contributed by atoms with van der Waals surface area (Å²) in [6.07, 6.45) is 0. The third kappa shape index (κ3) is 2.82. The average molecular weight is 198 g/mol. The molecule has 3 nitrogen and oxygen atoms in total. The molecule has 1 atom stereocenters. The number of amides is 1. The zero-order valence-corrected chi connectivity index (χ0v) is 8.67. The van der Waals surface area contributed by atoms with Crippen molar-refractivity contribution in [2.45, 2.75) is 19.5 Å². The van der Waals surface area contributed by atoms with Gasteiger partial charge < -0.3 is 5.73 Å².